The molecule has 0 saturated heterocycles. The number of methoxy groups -OCH3 is 1. The predicted molar refractivity (Wildman–Crippen MR) is 84.3 cm³/mol. The first-order valence-electron chi connectivity index (χ1n) is 6.63. The van der Waals surface area contributed by atoms with E-state index in [0.717, 1.165) is 5.56 Å². The monoisotopic (exact) mass is 365 g/mol. The van der Waals surface area contributed by atoms with E-state index < -0.39 is 12.0 Å². The number of aryl methyl sites for hydroxylation is 1. The van der Waals surface area contributed by atoms with Crippen molar-refractivity contribution in [3.63, 3.8) is 0 Å². The van der Waals surface area contributed by atoms with Crippen molar-refractivity contribution in [1.82, 2.24) is 15.1 Å². The highest BCUT2D eigenvalue weighted by atomic mass is 79.9. The van der Waals surface area contributed by atoms with Gasteiger partial charge in [-0.2, -0.15) is 5.10 Å². The molecular formula is C15H16BrN3O3. The Balaban J connectivity index is 2.14. The molecular weight excluding hydrogens is 350 g/mol. The zero-order valence-corrected chi connectivity index (χ0v) is 13.8. The molecule has 1 atom stereocenters. The molecule has 1 aromatic carbocycles. The zero-order valence-electron chi connectivity index (χ0n) is 12.2. The second kappa shape index (κ2) is 7.22. The molecule has 0 aliphatic carbocycles. The second-order valence-electron chi connectivity index (χ2n) is 4.71. The van der Waals surface area contributed by atoms with Crippen LogP contribution in [0.5, 0.6) is 0 Å². The highest BCUT2D eigenvalue weighted by molar-refractivity contribution is 9.10. The predicted octanol–water partition coefficient (Wildman–Crippen LogP) is 1.70. The summed E-state index contributed by atoms with van der Waals surface area (Å²) in [5.74, 6) is -0.870. The Morgan fingerprint density at radius 3 is 2.59 bits per heavy atom. The third-order valence-electron chi connectivity index (χ3n) is 3.16. The average molecular weight is 366 g/mol. The van der Waals surface area contributed by atoms with Crippen molar-refractivity contribution in [1.29, 1.82) is 0 Å². The van der Waals surface area contributed by atoms with E-state index in [2.05, 4.69) is 26.3 Å². The van der Waals surface area contributed by atoms with Crippen molar-refractivity contribution in [2.75, 3.05) is 7.11 Å². The number of carbonyl (C=O) groups is 2. The first-order valence-corrected chi connectivity index (χ1v) is 7.42. The standard InChI is InChI=1S/C15H16BrN3O3/c1-19-12(9-13(16)18-19)14(20)17-11(15(21)22-2)8-10-6-4-3-5-7-10/h3-7,9,11H,8H2,1-2H3,(H,17,20)/t11-/m0/s1. The lowest BCUT2D eigenvalue weighted by Gasteiger charge is -2.16. The first kappa shape index (κ1) is 16.2. The van der Waals surface area contributed by atoms with Crippen molar-refractivity contribution in [2.45, 2.75) is 12.5 Å². The van der Waals surface area contributed by atoms with Crippen LogP contribution in [0, 0.1) is 0 Å². The number of nitrogens with zero attached hydrogens (tertiary/aromatic N) is 2. The number of hydrogen-bond acceptors (Lipinski definition) is 4. The molecule has 7 heteroatoms. The van der Waals surface area contributed by atoms with Crippen LogP contribution >= 0.6 is 15.9 Å². The molecule has 6 nitrogen and oxygen atoms in total. The van der Waals surface area contributed by atoms with E-state index in [1.807, 2.05) is 30.3 Å². The number of amides is 1. The van der Waals surface area contributed by atoms with E-state index in [1.165, 1.54) is 11.8 Å². The quantitative estimate of drug-likeness (QED) is 0.818. The summed E-state index contributed by atoms with van der Waals surface area (Å²) in [5, 5.41) is 6.74. The van der Waals surface area contributed by atoms with Crippen LogP contribution in [0.25, 0.3) is 0 Å². The van der Waals surface area contributed by atoms with Gasteiger partial charge in [0.1, 0.15) is 16.3 Å². The number of esters is 1. The Morgan fingerprint density at radius 1 is 1.36 bits per heavy atom. The molecule has 0 saturated carbocycles. The number of ether oxygens (including phenoxy) is 1. The Labute approximate surface area is 136 Å². The van der Waals surface area contributed by atoms with Crippen LogP contribution in [0.15, 0.2) is 41.0 Å². The van der Waals surface area contributed by atoms with Crippen LogP contribution in [0.3, 0.4) is 0 Å². The zero-order chi connectivity index (χ0) is 16.1. The van der Waals surface area contributed by atoms with Gasteiger partial charge in [-0.1, -0.05) is 30.3 Å². The lowest BCUT2D eigenvalue weighted by molar-refractivity contribution is -0.142. The summed E-state index contributed by atoms with van der Waals surface area (Å²) in [7, 11) is 2.96. The molecule has 1 aromatic heterocycles. The lowest BCUT2D eigenvalue weighted by Crippen LogP contribution is -2.43. The Kier molecular flexibility index (Phi) is 5.32. The maximum absolute atomic E-state index is 12.3. The maximum atomic E-state index is 12.3. The van der Waals surface area contributed by atoms with Gasteiger partial charge >= 0.3 is 5.97 Å². The molecule has 0 radical (unpaired) electrons. The van der Waals surface area contributed by atoms with Crippen LogP contribution in [-0.4, -0.2) is 34.8 Å². The topological polar surface area (TPSA) is 73.2 Å². The van der Waals surface area contributed by atoms with Gasteiger partial charge in [0.2, 0.25) is 0 Å². The smallest absolute Gasteiger partial charge is 0.328 e. The van der Waals surface area contributed by atoms with Gasteiger partial charge in [-0.25, -0.2) is 4.79 Å². The maximum Gasteiger partial charge on any atom is 0.328 e. The number of benzene rings is 1. The van der Waals surface area contributed by atoms with Gasteiger partial charge in [0, 0.05) is 19.5 Å². The van der Waals surface area contributed by atoms with Crippen molar-refractivity contribution in [3.05, 3.63) is 52.3 Å². The first-order chi connectivity index (χ1) is 10.5. The van der Waals surface area contributed by atoms with Crippen LogP contribution in [0.1, 0.15) is 16.1 Å². The molecule has 0 spiro atoms. The summed E-state index contributed by atoms with van der Waals surface area (Å²) in [6.45, 7) is 0. The molecule has 2 rings (SSSR count). The third-order valence-corrected chi connectivity index (χ3v) is 3.54. The molecule has 1 N–H and O–H groups in total. The van der Waals surface area contributed by atoms with Gasteiger partial charge in [-0.05, 0) is 21.5 Å². The van der Waals surface area contributed by atoms with Crippen molar-refractivity contribution in [3.8, 4) is 0 Å². The molecule has 0 bridgehead atoms. The summed E-state index contributed by atoms with van der Waals surface area (Å²) in [6.07, 6.45) is 0.359. The van der Waals surface area contributed by atoms with Gasteiger partial charge < -0.3 is 10.1 Å². The highest BCUT2D eigenvalue weighted by Crippen LogP contribution is 2.11. The Morgan fingerprint density at radius 2 is 2.05 bits per heavy atom. The summed E-state index contributed by atoms with van der Waals surface area (Å²) < 4.78 is 6.77. The Bertz CT molecular complexity index is 670. The average Bonchev–Trinajstić information content (AvgIpc) is 2.85. The van der Waals surface area contributed by atoms with E-state index in [0.29, 0.717) is 16.7 Å². The van der Waals surface area contributed by atoms with Crippen molar-refractivity contribution in [2.24, 2.45) is 7.05 Å². The fraction of sp³-hybridized carbons (Fsp3) is 0.267. The number of aromatic nitrogens is 2. The largest absolute Gasteiger partial charge is 0.467 e. The molecule has 0 fully saturated rings. The van der Waals surface area contributed by atoms with E-state index in [-0.39, 0.29) is 5.91 Å². The highest BCUT2D eigenvalue weighted by Gasteiger charge is 2.24. The molecule has 0 aliphatic rings. The van der Waals surface area contributed by atoms with E-state index >= 15 is 0 Å². The number of hydrogen-bond donors (Lipinski definition) is 1. The fourth-order valence-electron chi connectivity index (χ4n) is 2.06. The van der Waals surface area contributed by atoms with Gasteiger partial charge in [0.15, 0.2) is 0 Å². The van der Waals surface area contributed by atoms with E-state index in [4.69, 9.17) is 4.74 Å². The molecule has 0 aliphatic heterocycles. The molecule has 1 heterocycles. The van der Waals surface area contributed by atoms with Crippen LogP contribution in [0.2, 0.25) is 0 Å². The number of nitrogens with one attached hydrogen (secondary N) is 1. The van der Waals surface area contributed by atoms with Gasteiger partial charge in [0.25, 0.3) is 5.91 Å². The van der Waals surface area contributed by atoms with Crippen molar-refractivity contribution >= 4 is 27.8 Å². The summed E-state index contributed by atoms with van der Waals surface area (Å²) in [4.78, 5) is 24.2. The minimum Gasteiger partial charge on any atom is -0.467 e. The van der Waals surface area contributed by atoms with Crippen LogP contribution in [0.4, 0.5) is 0 Å². The summed E-state index contributed by atoms with van der Waals surface area (Å²) >= 11 is 3.21. The van der Waals surface area contributed by atoms with Gasteiger partial charge in [-0.3, -0.25) is 9.48 Å². The number of halogens is 1. The second-order valence-corrected chi connectivity index (χ2v) is 5.53. The minimum atomic E-state index is -0.756. The van der Waals surface area contributed by atoms with Crippen LogP contribution in [-0.2, 0) is 23.0 Å². The van der Waals surface area contributed by atoms with Crippen LogP contribution < -0.4 is 5.32 Å². The summed E-state index contributed by atoms with van der Waals surface area (Å²) in [6, 6.07) is 10.3. The van der Waals surface area contributed by atoms with E-state index in [1.54, 1.807) is 13.1 Å². The molecule has 22 heavy (non-hydrogen) atoms. The van der Waals surface area contributed by atoms with Gasteiger partial charge in [0.05, 0.1) is 7.11 Å². The number of rotatable bonds is 5. The normalized spacial score (nSPS) is 11.8. The molecule has 2 aromatic rings. The SMILES string of the molecule is COC(=O)[C@H](Cc1ccccc1)NC(=O)c1cc(Br)nn1C. The molecule has 1 amide bonds. The summed E-state index contributed by atoms with van der Waals surface area (Å²) in [5.41, 5.74) is 1.29. The minimum absolute atomic E-state index is 0.355. The fourth-order valence-corrected chi connectivity index (χ4v) is 2.52. The van der Waals surface area contributed by atoms with E-state index in [9.17, 15) is 9.59 Å². The third kappa shape index (κ3) is 3.94. The van der Waals surface area contributed by atoms with Crippen molar-refractivity contribution < 1.29 is 14.3 Å². The van der Waals surface area contributed by atoms with Gasteiger partial charge in [-0.15, -0.1) is 0 Å². The Hall–Kier alpha value is -2.15. The molecule has 0 unspecified atom stereocenters. The molecule has 116 valence electrons. The number of carbonyl (C=O) groups excluding carboxylic acids is 2. The lowest BCUT2D eigenvalue weighted by atomic mass is 10.1.